The van der Waals surface area contributed by atoms with E-state index in [-0.39, 0.29) is 0 Å². The zero-order valence-corrected chi connectivity index (χ0v) is 9.56. The molecule has 5 nitrogen and oxygen atoms in total. The Hall–Kier alpha value is -1.36. The molecule has 1 aromatic rings. The fraction of sp³-hybridized carbons (Fsp3) is 0.600. The van der Waals surface area contributed by atoms with Crippen LogP contribution in [0.15, 0.2) is 6.20 Å². The van der Waals surface area contributed by atoms with Crippen LogP contribution in [0.3, 0.4) is 0 Å². The van der Waals surface area contributed by atoms with Gasteiger partial charge in [-0.3, -0.25) is 14.4 Å². The monoisotopic (exact) mass is 211 g/mol. The molecule has 1 atom stereocenters. The Balaban J connectivity index is 2.70. The van der Waals surface area contributed by atoms with Gasteiger partial charge >= 0.3 is 5.97 Å². The molecule has 0 bridgehead atoms. The van der Waals surface area contributed by atoms with E-state index in [0.29, 0.717) is 6.54 Å². The van der Waals surface area contributed by atoms with E-state index in [1.54, 1.807) is 23.6 Å². The molecule has 1 unspecified atom stereocenters. The molecule has 1 heterocycles. The van der Waals surface area contributed by atoms with Crippen LogP contribution in [0.5, 0.6) is 0 Å². The van der Waals surface area contributed by atoms with Gasteiger partial charge in [-0.2, -0.15) is 5.10 Å². The highest BCUT2D eigenvalue weighted by Crippen LogP contribution is 2.09. The van der Waals surface area contributed by atoms with Crippen molar-refractivity contribution in [3.63, 3.8) is 0 Å². The summed E-state index contributed by atoms with van der Waals surface area (Å²) in [7, 11) is 3.66. The molecule has 0 aliphatic rings. The molecule has 1 N–H and O–H groups in total. The van der Waals surface area contributed by atoms with Crippen molar-refractivity contribution in [2.24, 2.45) is 7.05 Å². The first-order valence-corrected chi connectivity index (χ1v) is 4.84. The van der Waals surface area contributed by atoms with Crippen LogP contribution in [-0.2, 0) is 18.4 Å². The number of hydrogen-bond donors (Lipinski definition) is 1. The number of likely N-dealkylation sites (N-methyl/N-ethyl adjacent to an activating group) is 1. The summed E-state index contributed by atoms with van der Waals surface area (Å²) >= 11 is 0. The van der Waals surface area contributed by atoms with E-state index in [2.05, 4.69) is 5.10 Å². The smallest absolute Gasteiger partial charge is 0.320 e. The molecule has 0 saturated carbocycles. The molecule has 0 aliphatic carbocycles. The van der Waals surface area contributed by atoms with E-state index < -0.39 is 12.0 Å². The molecule has 0 radical (unpaired) electrons. The standard InChI is InChI=1S/C10H17N3O2/c1-7-9(6-13(4)11-7)5-12(3)8(2)10(14)15/h6,8H,5H2,1-4H3,(H,14,15). The van der Waals surface area contributed by atoms with E-state index in [9.17, 15) is 4.79 Å². The third-order valence-corrected chi connectivity index (χ3v) is 2.55. The van der Waals surface area contributed by atoms with Crippen molar-refractivity contribution in [2.45, 2.75) is 26.4 Å². The lowest BCUT2D eigenvalue weighted by Crippen LogP contribution is -2.35. The van der Waals surface area contributed by atoms with Gasteiger partial charge < -0.3 is 5.11 Å². The molecule has 1 rings (SSSR count). The minimum Gasteiger partial charge on any atom is -0.480 e. The van der Waals surface area contributed by atoms with Crippen LogP contribution in [0.1, 0.15) is 18.2 Å². The normalized spacial score (nSPS) is 13.1. The molecule has 0 spiro atoms. The minimum atomic E-state index is -0.806. The predicted octanol–water partition coefficient (Wildman–Crippen LogP) is 0.633. The molecule has 0 aromatic carbocycles. The zero-order chi connectivity index (χ0) is 11.6. The Morgan fingerprint density at radius 1 is 1.73 bits per heavy atom. The lowest BCUT2D eigenvalue weighted by molar-refractivity contribution is -0.142. The second-order valence-electron chi connectivity index (χ2n) is 3.84. The SMILES string of the molecule is Cc1nn(C)cc1CN(C)C(C)C(=O)O. The van der Waals surface area contributed by atoms with Gasteiger partial charge in [0.05, 0.1) is 5.69 Å². The fourth-order valence-corrected chi connectivity index (χ4v) is 1.40. The average Bonchev–Trinajstić information content (AvgIpc) is 2.43. The molecular formula is C10H17N3O2. The van der Waals surface area contributed by atoms with E-state index in [1.807, 2.05) is 20.2 Å². The van der Waals surface area contributed by atoms with Crippen LogP contribution in [0.25, 0.3) is 0 Å². The topological polar surface area (TPSA) is 58.4 Å². The number of nitrogens with zero attached hydrogens (tertiary/aromatic N) is 3. The Morgan fingerprint density at radius 3 is 2.73 bits per heavy atom. The lowest BCUT2D eigenvalue weighted by atomic mass is 10.2. The number of hydrogen-bond acceptors (Lipinski definition) is 3. The number of rotatable bonds is 4. The summed E-state index contributed by atoms with van der Waals surface area (Å²) < 4.78 is 1.74. The van der Waals surface area contributed by atoms with Crippen molar-refractivity contribution in [2.75, 3.05) is 7.05 Å². The van der Waals surface area contributed by atoms with Crippen molar-refractivity contribution in [1.82, 2.24) is 14.7 Å². The van der Waals surface area contributed by atoms with Gasteiger partial charge in [0.1, 0.15) is 6.04 Å². The maximum Gasteiger partial charge on any atom is 0.320 e. The highest BCUT2D eigenvalue weighted by molar-refractivity contribution is 5.72. The first-order chi connectivity index (χ1) is 6.91. The van der Waals surface area contributed by atoms with Crippen LogP contribution in [0.2, 0.25) is 0 Å². The quantitative estimate of drug-likeness (QED) is 0.793. The third-order valence-electron chi connectivity index (χ3n) is 2.55. The maximum absolute atomic E-state index is 10.8. The molecule has 0 aliphatic heterocycles. The van der Waals surface area contributed by atoms with Gasteiger partial charge in [-0.15, -0.1) is 0 Å². The number of aryl methyl sites for hydroxylation is 2. The van der Waals surface area contributed by atoms with Crippen LogP contribution < -0.4 is 0 Å². The van der Waals surface area contributed by atoms with Crippen LogP contribution in [-0.4, -0.2) is 38.8 Å². The highest BCUT2D eigenvalue weighted by atomic mass is 16.4. The third kappa shape index (κ3) is 2.79. The van der Waals surface area contributed by atoms with Gasteiger partial charge in [0.2, 0.25) is 0 Å². The summed E-state index contributed by atoms with van der Waals surface area (Å²) in [5.41, 5.74) is 2.01. The number of aromatic nitrogens is 2. The van der Waals surface area contributed by atoms with Gasteiger partial charge in [-0.1, -0.05) is 0 Å². The van der Waals surface area contributed by atoms with Crippen molar-refractivity contribution in [3.05, 3.63) is 17.5 Å². The summed E-state index contributed by atoms with van der Waals surface area (Å²) in [6.45, 7) is 4.20. The summed E-state index contributed by atoms with van der Waals surface area (Å²) in [4.78, 5) is 12.5. The van der Waals surface area contributed by atoms with E-state index in [4.69, 9.17) is 5.11 Å². The Morgan fingerprint density at radius 2 is 2.33 bits per heavy atom. The van der Waals surface area contributed by atoms with Gasteiger partial charge in [0, 0.05) is 25.4 Å². The van der Waals surface area contributed by atoms with Crippen molar-refractivity contribution in [3.8, 4) is 0 Å². The van der Waals surface area contributed by atoms with Crippen LogP contribution >= 0.6 is 0 Å². The molecule has 0 fully saturated rings. The number of carbonyl (C=O) groups is 1. The van der Waals surface area contributed by atoms with Crippen LogP contribution in [0.4, 0.5) is 0 Å². The molecule has 5 heteroatoms. The first kappa shape index (κ1) is 11.7. The van der Waals surface area contributed by atoms with E-state index in [0.717, 1.165) is 11.3 Å². The average molecular weight is 211 g/mol. The number of carboxylic acid groups (broad SMARTS) is 1. The zero-order valence-electron chi connectivity index (χ0n) is 9.56. The Labute approximate surface area is 89.3 Å². The lowest BCUT2D eigenvalue weighted by Gasteiger charge is -2.20. The summed E-state index contributed by atoms with van der Waals surface area (Å²) in [5.74, 6) is -0.806. The molecular weight excluding hydrogens is 194 g/mol. The Kier molecular flexibility index (Phi) is 3.47. The summed E-state index contributed by atoms with van der Waals surface area (Å²) in [5, 5.41) is 13.1. The van der Waals surface area contributed by atoms with Crippen molar-refractivity contribution >= 4 is 5.97 Å². The molecule has 15 heavy (non-hydrogen) atoms. The minimum absolute atomic E-state index is 0.482. The first-order valence-electron chi connectivity index (χ1n) is 4.84. The highest BCUT2D eigenvalue weighted by Gasteiger charge is 2.17. The summed E-state index contributed by atoms with van der Waals surface area (Å²) in [6.07, 6.45) is 1.92. The summed E-state index contributed by atoms with van der Waals surface area (Å²) in [6, 6.07) is -0.482. The van der Waals surface area contributed by atoms with Gasteiger partial charge in [-0.25, -0.2) is 0 Å². The van der Waals surface area contributed by atoms with Gasteiger partial charge in [-0.05, 0) is 20.9 Å². The van der Waals surface area contributed by atoms with E-state index >= 15 is 0 Å². The number of aliphatic carboxylic acids is 1. The van der Waals surface area contributed by atoms with Gasteiger partial charge in [0.25, 0.3) is 0 Å². The van der Waals surface area contributed by atoms with Crippen molar-refractivity contribution in [1.29, 1.82) is 0 Å². The Bertz CT molecular complexity index is 360. The predicted molar refractivity (Wildman–Crippen MR) is 56.5 cm³/mol. The fourth-order valence-electron chi connectivity index (χ4n) is 1.40. The second-order valence-corrected chi connectivity index (χ2v) is 3.84. The largest absolute Gasteiger partial charge is 0.480 e. The maximum atomic E-state index is 10.8. The van der Waals surface area contributed by atoms with Crippen LogP contribution in [0, 0.1) is 6.92 Å². The molecule has 0 saturated heterocycles. The van der Waals surface area contributed by atoms with Gasteiger partial charge in [0.15, 0.2) is 0 Å². The number of carboxylic acids is 1. The molecule has 84 valence electrons. The molecule has 0 amide bonds. The van der Waals surface area contributed by atoms with E-state index in [1.165, 1.54) is 0 Å². The molecule has 1 aromatic heterocycles. The van der Waals surface area contributed by atoms with Crippen molar-refractivity contribution < 1.29 is 9.90 Å². The second kappa shape index (κ2) is 4.44.